The zero-order chi connectivity index (χ0) is 28.6. The number of benzene rings is 3. The molecule has 41 heavy (non-hydrogen) atoms. The van der Waals surface area contributed by atoms with Gasteiger partial charge < -0.3 is 9.64 Å². The lowest BCUT2D eigenvalue weighted by Crippen LogP contribution is -2.36. The maximum atomic E-state index is 13.9. The summed E-state index contributed by atoms with van der Waals surface area (Å²) >= 11 is 0. The van der Waals surface area contributed by atoms with E-state index in [0.29, 0.717) is 24.4 Å². The Morgan fingerprint density at radius 2 is 1.54 bits per heavy atom. The molecule has 0 N–H and O–H groups in total. The number of aryl methyl sites for hydroxylation is 2. The van der Waals surface area contributed by atoms with E-state index in [9.17, 15) is 9.59 Å². The van der Waals surface area contributed by atoms with Gasteiger partial charge in [0, 0.05) is 13.0 Å². The molecule has 1 amide bonds. The minimum atomic E-state index is -0.329. The van der Waals surface area contributed by atoms with Crippen molar-refractivity contribution in [2.45, 2.75) is 96.6 Å². The second-order valence-corrected chi connectivity index (χ2v) is 12.0. The SMILES string of the molecule is CCCCc1ccc(-c2ccc(CN(C(=O)CCC3CCCC3)C3CCCc4ccc(C(=O)OC)cc43)cc2)cc1. The fourth-order valence-corrected chi connectivity index (χ4v) is 6.73. The predicted molar refractivity (Wildman–Crippen MR) is 166 cm³/mol. The lowest BCUT2D eigenvalue weighted by molar-refractivity contribution is -0.135. The summed E-state index contributed by atoms with van der Waals surface area (Å²) in [5.74, 6) is 0.577. The van der Waals surface area contributed by atoms with Gasteiger partial charge in [0.05, 0.1) is 18.7 Å². The van der Waals surface area contributed by atoms with Crippen molar-refractivity contribution in [3.8, 4) is 11.1 Å². The third-order valence-electron chi connectivity index (χ3n) is 9.20. The van der Waals surface area contributed by atoms with Crippen molar-refractivity contribution in [1.82, 2.24) is 4.90 Å². The number of amides is 1. The molecule has 216 valence electrons. The number of rotatable bonds is 11. The summed E-state index contributed by atoms with van der Waals surface area (Å²) in [5, 5.41) is 0. The topological polar surface area (TPSA) is 46.6 Å². The van der Waals surface area contributed by atoms with Crippen LogP contribution in [-0.4, -0.2) is 23.9 Å². The lowest BCUT2D eigenvalue weighted by atomic mass is 9.85. The quantitative estimate of drug-likeness (QED) is 0.224. The summed E-state index contributed by atoms with van der Waals surface area (Å²) in [6, 6.07) is 23.5. The van der Waals surface area contributed by atoms with E-state index in [4.69, 9.17) is 4.74 Å². The standard InChI is InChI=1S/C37H45NO3/c1-3-4-8-28-13-18-30(19-14-28)31-20-15-29(16-21-31)26-38(36(39)24-17-27-9-5-6-10-27)35-12-7-11-32-22-23-33(25-34(32)35)37(40)41-2/h13-16,18-23,25,27,35H,3-12,17,24,26H2,1-2H3. The Labute approximate surface area is 246 Å². The highest BCUT2D eigenvalue weighted by atomic mass is 16.5. The van der Waals surface area contributed by atoms with E-state index < -0.39 is 0 Å². The molecule has 2 aliphatic carbocycles. The summed E-state index contributed by atoms with van der Waals surface area (Å²) < 4.78 is 5.01. The normalized spacial score (nSPS) is 16.8. The number of hydrogen-bond donors (Lipinski definition) is 0. The van der Waals surface area contributed by atoms with Gasteiger partial charge in [0.15, 0.2) is 0 Å². The van der Waals surface area contributed by atoms with Crippen LogP contribution in [0, 0.1) is 5.92 Å². The van der Waals surface area contributed by atoms with Crippen molar-refractivity contribution in [3.05, 3.63) is 94.5 Å². The van der Waals surface area contributed by atoms with Crippen molar-refractivity contribution in [3.63, 3.8) is 0 Å². The van der Waals surface area contributed by atoms with Crippen LogP contribution in [0.2, 0.25) is 0 Å². The zero-order valence-corrected chi connectivity index (χ0v) is 24.9. The third-order valence-corrected chi connectivity index (χ3v) is 9.20. The van der Waals surface area contributed by atoms with E-state index in [0.717, 1.165) is 43.2 Å². The van der Waals surface area contributed by atoms with Gasteiger partial charge in [-0.2, -0.15) is 0 Å². The Morgan fingerprint density at radius 1 is 0.854 bits per heavy atom. The van der Waals surface area contributed by atoms with Gasteiger partial charge in [-0.25, -0.2) is 4.79 Å². The summed E-state index contributed by atoms with van der Waals surface area (Å²) in [6.07, 6.45) is 13.2. The first-order valence-electron chi connectivity index (χ1n) is 15.7. The Balaban J connectivity index is 1.37. The molecule has 0 radical (unpaired) electrons. The van der Waals surface area contributed by atoms with Crippen LogP contribution in [0.1, 0.15) is 110 Å². The molecule has 0 spiro atoms. The largest absolute Gasteiger partial charge is 0.465 e. The fraction of sp³-hybridized carbons (Fsp3) is 0.459. The maximum absolute atomic E-state index is 13.9. The number of hydrogen-bond acceptors (Lipinski definition) is 3. The Bertz CT molecular complexity index is 1310. The van der Waals surface area contributed by atoms with Crippen molar-refractivity contribution >= 4 is 11.9 Å². The molecule has 4 nitrogen and oxygen atoms in total. The summed E-state index contributed by atoms with van der Waals surface area (Å²) in [6.45, 7) is 2.80. The van der Waals surface area contributed by atoms with Gasteiger partial charge in [0.25, 0.3) is 0 Å². The van der Waals surface area contributed by atoms with Gasteiger partial charge in [-0.05, 0) is 90.0 Å². The molecule has 1 atom stereocenters. The molecule has 0 aliphatic heterocycles. The second kappa shape index (κ2) is 14.0. The molecule has 1 fully saturated rings. The molecule has 5 rings (SSSR count). The molecular formula is C37H45NO3. The smallest absolute Gasteiger partial charge is 0.337 e. The van der Waals surface area contributed by atoms with Gasteiger partial charge in [0.1, 0.15) is 0 Å². The summed E-state index contributed by atoms with van der Waals surface area (Å²) in [7, 11) is 1.42. The van der Waals surface area contributed by atoms with Crippen LogP contribution in [0.4, 0.5) is 0 Å². The highest BCUT2D eigenvalue weighted by Gasteiger charge is 2.31. The van der Waals surface area contributed by atoms with Gasteiger partial charge >= 0.3 is 5.97 Å². The van der Waals surface area contributed by atoms with E-state index in [1.165, 1.54) is 67.9 Å². The first kappa shape index (κ1) is 29.1. The summed E-state index contributed by atoms with van der Waals surface area (Å²) in [5.41, 5.74) is 7.84. The lowest BCUT2D eigenvalue weighted by Gasteiger charge is -2.36. The zero-order valence-electron chi connectivity index (χ0n) is 24.9. The number of methoxy groups -OCH3 is 1. The molecule has 0 aromatic heterocycles. The molecule has 0 bridgehead atoms. The Kier molecular flexibility index (Phi) is 9.92. The van der Waals surface area contributed by atoms with Crippen molar-refractivity contribution in [2.75, 3.05) is 7.11 Å². The van der Waals surface area contributed by atoms with Crippen LogP contribution >= 0.6 is 0 Å². The van der Waals surface area contributed by atoms with Crippen LogP contribution in [0.15, 0.2) is 66.7 Å². The number of carbonyl (C=O) groups excluding carboxylic acids is 2. The van der Waals surface area contributed by atoms with E-state index in [1.807, 2.05) is 12.1 Å². The number of ether oxygens (including phenoxy) is 1. The fourth-order valence-electron chi connectivity index (χ4n) is 6.73. The number of fused-ring (bicyclic) bond motifs is 1. The second-order valence-electron chi connectivity index (χ2n) is 12.0. The molecule has 3 aromatic carbocycles. The van der Waals surface area contributed by atoms with Crippen molar-refractivity contribution < 1.29 is 14.3 Å². The Hall–Kier alpha value is -3.40. The molecule has 1 unspecified atom stereocenters. The van der Waals surface area contributed by atoms with E-state index in [-0.39, 0.29) is 17.9 Å². The van der Waals surface area contributed by atoms with Gasteiger partial charge in [0.2, 0.25) is 5.91 Å². The third kappa shape index (κ3) is 7.28. The van der Waals surface area contributed by atoms with Crippen LogP contribution in [0.3, 0.4) is 0 Å². The molecule has 3 aromatic rings. The van der Waals surface area contributed by atoms with E-state index in [1.54, 1.807) is 0 Å². The molecular weight excluding hydrogens is 506 g/mol. The van der Waals surface area contributed by atoms with Crippen LogP contribution in [-0.2, 0) is 28.9 Å². The first-order valence-corrected chi connectivity index (χ1v) is 15.7. The number of carbonyl (C=O) groups is 2. The highest BCUT2D eigenvalue weighted by Crippen LogP contribution is 2.37. The Morgan fingerprint density at radius 3 is 2.20 bits per heavy atom. The van der Waals surface area contributed by atoms with Crippen LogP contribution in [0.25, 0.3) is 11.1 Å². The first-order chi connectivity index (χ1) is 20.1. The van der Waals surface area contributed by atoms with Gasteiger partial charge in [-0.3, -0.25) is 4.79 Å². The molecule has 0 heterocycles. The van der Waals surface area contributed by atoms with Crippen molar-refractivity contribution in [2.24, 2.45) is 5.92 Å². The van der Waals surface area contributed by atoms with Crippen LogP contribution < -0.4 is 0 Å². The molecule has 2 aliphatic rings. The predicted octanol–water partition coefficient (Wildman–Crippen LogP) is 8.86. The van der Waals surface area contributed by atoms with Crippen molar-refractivity contribution in [1.29, 1.82) is 0 Å². The summed E-state index contributed by atoms with van der Waals surface area (Å²) in [4.78, 5) is 28.4. The average molecular weight is 552 g/mol. The minimum absolute atomic E-state index is 0.0326. The monoisotopic (exact) mass is 551 g/mol. The molecule has 1 saturated carbocycles. The molecule has 4 heteroatoms. The van der Waals surface area contributed by atoms with E-state index in [2.05, 4.69) is 66.4 Å². The number of unbranched alkanes of at least 4 members (excludes halogenated alkanes) is 1. The minimum Gasteiger partial charge on any atom is -0.465 e. The number of esters is 1. The van der Waals surface area contributed by atoms with Crippen LogP contribution in [0.5, 0.6) is 0 Å². The van der Waals surface area contributed by atoms with E-state index >= 15 is 0 Å². The highest BCUT2D eigenvalue weighted by molar-refractivity contribution is 5.89. The molecule has 0 saturated heterocycles. The average Bonchev–Trinajstić information content (AvgIpc) is 3.55. The maximum Gasteiger partial charge on any atom is 0.337 e. The number of nitrogens with zero attached hydrogens (tertiary/aromatic N) is 1. The van der Waals surface area contributed by atoms with Gasteiger partial charge in [-0.1, -0.05) is 93.6 Å². The van der Waals surface area contributed by atoms with Gasteiger partial charge in [-0.15, -0.1) is 0 Å².